The van der Waals surface area contributed by atoms with Gasteiger partial charge in [0, 0.05) is 16.0 Å². The molecule has 1 aromatic heterocycles. The molecule has 2 aliphatic heterocycles. The van der Waals surface area contributed by atoms with Crippen molar-refractivity contribution < 1.29 is 19.4 Å². The Morgan fingerprint density at radius 2 is 1.81 bits per heavy atom. The molecule has 4 aliphatic rings. The minimum Gasteiger partial charge on any atom is -0.504 e. The molecular formula is C27H24N2O5S2. The van der Waals surface area contributed by atoms with Gasteiger partial charge in [-0.3, -0.25) is 19.3 Å². The van der Waals surface area contributed by atoms with E-state index in [1.807, 2.05) is 49.4 Å². The molecule has 2 aromatic carbocycles. The number of fused-ring (bicyclic) bond motifs is 9. The van der Waals surface area contributed by atoms with E-state index in [-0.39, 0.29) is 63.2 Å². The molecule has 2 amide bonds. The largest absolute Gasteiger partial charge is 0.504 e. The Morgan fingerprint density at radius 3 is 2.56 bits per heavy atom. The van der Waals surface area contributed by atoms with Crippen molar-refractivity contribution in [2.24, 2.45) is 29.6 Å². The van der Waals surface area contributed by atoms with E-state index in [1.54, 1.807) is 17.8 Å². The number of phenolic OH excluding ortho intramolecular Hbond substituents is 1. The predicted molar refractivity (Wildman–Crippen MR) is 137 cm³/mol. The number of rotatable bonds is 4. The van der Waals surface area contributed by atoms with E-state index in [0.29, 0.717) is 18.0 Å². The number of benzene rings is 2. The second-order valence-electron chi connectivity index (χ2n) is 9.97. The van der Waals surface area contributed by atoms with Crippen LogP contribution in [0, 0.1) is 29.6 Å². The third-order valence-corrected chi connectivity index (χ3v) is 11.0. The molecule has 2 N–H and O–H groups in total. The second-order valence-corrected chi connectivity index (χ2v) is 12.2. The summed E-state index contributed by atoms with van der Waals surface area (Å²) < 4.78 is 5.67. The van der Waals surface area contributed by atoms with Crippen molar-refractivity contribution in [1.29, 1.82) is 0 Å². The Labute approximate surface area is 215 Å². The summed E-state index contributed by atoms with van der Waals surface area (Å²) in [4.78, 5) is 45.1. The number of aromatic nitrogens is 1. The molecule has 0 radical (unpaired) electrons. The quantitative estimate of drug-likeness (QED) is 0.500. The third kappa shape index (κ3) is 2.96. The van der Waals surface area contributed by atoms with Gasteiger partial charge in [0.1, 0.15) is 0 Å². The number of carbonyl (C=O) groups excluding carboxylic acids is 2. The molecule has 3 fully saturated rings. The summed E-state index contributed by atoms with van der Waals surface area (Å²) in [6.45, 7) is 2.29. The highest BCUT2D eigenvalue weighted by Gasteiger charge is 2.69. The van der Waals surface area contributed by atoms with Crippen molar-refractivity contribution in [3.05, 3.63) is 68.6 Å². The highest BCUT2D eigenvalue weighted by molar-refractivity contribution is 8.00. The predicted octanol–water partition coefficient (Wildman–Crippen LogP) is 4.22. The van der Waals surface area contributed by atoms with Crippen LogP contribution in [0.25, 0.3) is 0 Å². The molecule has 0 spiro atoms. The molecular weight excluding hydrogens is 496 g/mol. The van der Waals surface area contributed by atoms with Crippen LogP contribution in [0.5, 0.6) is 11.5 Å². The van der Waals surface area contributed by atoms with Gasteiger partial charge >= 0.3 is 4.87 Å². The van der Waals surface area contributed by atoms with E-state index in [1.165, 1.54) is 16.2 Å². The van der Waals surface area contributed by atoms with Gasteiger partial charge in [-0.1, -0.05) is 35.6 Å². The van der Waals surface area contributed by atoms with Crippen molar-refractivity contribution in [3.8, 4) is 11.5 Å². The summed E-state index contributed by atoms with van der Waals surface area (Å²) in [5.41, 5.74) is 1.60. The number of phenols is 1. The maximum Gasteiger partial charge on any atom is 0.305 e. The fourth-order valence-corrected chi connectivity index (χ4v) is 10.1. The molecule has 7 nitrogen and oxygen atoms in total. The third-order valence-electron chi connectivity index (χ3n) is 8.38. The lowest BCUT2D eigenvalue weighted by Crippen LogP contribution is -2.42. The molecule has 2 bridgehead atoms. The van der Waals surface area contributed by atoms with E-state index < -0.39 is 0 Å². The van der Waals surface area contributed by atoms with E-state index >= 15 is 0 Å². The van der Waals surface area contributed by atoms with Crippen LogP contribution in [0.2, 0.25) is 0 Å². The average molecular weight is 521 g/mol. The van der Waals surface area contributed by atoms with Gasteiger partial charge in [0.15, 0.2) is 11.5 Å². The highest BCUT2D eigenvalue weighted by atomic mass is 32.2. The first-order valence-corrected chi connectivity index (χ1v) is 14.0. The van der Waals surface area contributed by atoms with Crippen LogP contribution in [0.3, 0.4) is 0 Å². The number of nitrogens with zero attached hydrogens (tertiary/aromatic N) is 1. The van der Waals surface area contributed by atoms with Crippen LogP contribution in [0.15, 0.2) is 58.4 Å². The number of hydrogen-bond donors (Lipinski definition) is 2. The van der Waals surface area contributed by atoms with Gasteiger partial charge in [0.25, 0.3) is 0 Å². The number of para-hydroxylation sites is 1. The number of ether oxygens (including phenoxy) is 1. The number of anilines is 1. The van der Waals surface area contributed by atoms with Crippen molar-refractivity contribution in [1.82, 2.24) is 4.98 Å². The zero-order chi connectivity index (χ0) is 24.7. The van der Waals surface area contributed by atoms with Gasteiger partial charge < -0.3 is 14.8 Å². The fraction of sp³-hybridized carbons (Fsp3) is 0.370. The maximum atomic E-state index is 13.7. The first kappa shape index (κ1) is 22.2. The summed E-state index contributed by atoms with van der Waals surface area (Å²) in [5.74, 6) is -0.246. The minimum absolute atomic E-state index is 0.0439. The maximum absolute atomic E-state index is 13.7. The van der Waals surface area contributed by atoms with Crippen LogP contribution >= 0.6 is 23.1 Å². The average Bonchev–Trinajstić information content (AvgIpc) is 3.60. The van der Waals surface area contributed by atoms with Gasteiger partial charge in [-0.2, -0.15) is 0 Å². The first-order chi connectivity index (χ1) is 17.5. The van der Waals surface area contributed by atoms with Crippen LogP contribution in [-0.2, 0) is 9.59 Å². The number of nitrogens with one attached hydrogen (secondary N) is 1. The SMILES string of the molecule is CCOc1cc([C@@H]2c3sc(=O)[nH]c3S[C@@H]3[C@H]4C[C@@H]([C@@H]5C(=O)N(c6ccccc6)C(=O)[C@H]45)[C@H]23)ccc1O. The molecule has 3 heterocycles. The summed E-state index contributed by atoms with van der Waals surface area (Å²) in [6.07, 6.45) is 0.837. The molecule has 7 rings (SSSR count). The van der Waals surface area contributed by atoms with Crippen LogP contribution in [0.4, 0.5) is 5.69 Å². The summed E-state index contributed by atoms with van der Waals surface area (Å²) in [7, 11) is 0. The second kappa shape index (κ2) is 7.98. The molecule has 3 aromatic rings. The number of hydrogen-bond acceptors (Lipinski definition) is 7. The van der Waals surface area contributed by atoms with Crippen LogP contribution in [0.1, 0.15) is 29.7 Å². The van der Waals surface area contributed by atoms with Crippen molar-refractivity contribution in [3.63, 3.8) is 0 Å². The Hall–Kier alpha value is -3.04. The number of thioether (sulfide) groups is 1. The topological polar surface area (TPSA) is 99.7 Å². The van der Waals surface area contributed by atoms with Gasteiger partial charge in [0.05, 0.1) is 29.2 Å². The molecule has 9 heteroatoms. The number of carbonyl (C=O) groups is 2. The molecule has 2 aliphatic carbocycles. The lowest BCUT2D eigenvalue weighted by molar-refractivity contribution is -0.123. The highest BCUT2D eigenvalue weighted by Crippen LogP contribution is 2.68. The summed E-state index contributed by atoms with van der Waals surface area (Å²) in [6, 6.07) is 14.6. The molecule has 36 heavy (non-hydrogen) atoms. The van der Waals surface area contributed by atoms with Crippen LogP contribution < -0.4 is 14.5 Å². The number of amides is 2. The van der Waals surface area contributed by atoms with Crippen molar-refractivity contribution >= 4 is 40.6 Å². The van der Waals surface area contributed by atoms with Gasteiger partial charge in [-0.15, -0.1) is 11.8 Å². The zero-order valence-corrected chi connectivity index (χ0v) is 21.1. The van der Waals surface area contributed by atoms with Gasteiger partial charge in [-0.05, 0) is 60.9 Å². The monoisotopic (exact) mass is 520 g/mol. The van der Waals surface area contributed by atoms with E-state index in [2.05, 4.69) is 4.98 Å². The fourth-order valence-electron chi connectivity index (χ4n) is 7.22. The van der Waals surface area contributed by atoms with E-state index in [0.717, 1.165) is 21.9 Å². The van der Waals surface area contributed by atoms with E-state index in [9.17, 15) is 19.5 Å². The Kier molecular flexibility index (Phi) is 4.92. The number of aromatic amines is 1. The number of imide groups is 1. The van der Waals surface area contributed by atoms with Crippen LogP contribution in [-0.4, -0.2) is 33.8 Å². The van der Waals surface area contributed by atoms with Crippen molar-refractivity contribution in [2.75, 3.05) is 11.5 Å². The first-order valence-electron chi connectivity index (χ1n) is 12.3. The minimum atomic E-state index is -0.340. The molecule has 184 valence electrons. The number of H-pyrrole nitrogens is 1. The molecule has 0 unspecified atom stereocenters. The standard InChI is InChI=1S/C27H24N2O5S2/c1-2-34-17-10-12(8-9-16(17)30)18-19-14-11-15(22(19)35-24-23(18)36-27(33)28-24)21-20(14)25(31)29(26(21)32)13-6-4-3-5-7-13/h3-10,14-15,18-22,30H,2,11H2,1H3,(H,28,33)/t14-,15+,18+,19-,20+,21-,22-/m1/s1. The lowest BCUT2D eigenvalue weighted by atomic mass is 9.68. The van der Waals surface area contributed by atoms with Crippen molar-refractivity contribution in [2.45, 2.75) is 29.5 Å². The molecule has 1 saturated heterocycles. The normalized spacial score (nSPS) is 31.9. The Balaban J connectivity index is 1.33. The lowest BCUT2D eigenvalue weighted by Gasteiger charge is -2.43. The Morgan fingerprint density at radius 1 is 1.06 bits per heavy atom. The molecule has 2 saturated carbocycles. The zero-order valence-electron chi connectivity index (χ0n) is 19.4. The smallest absolute Gasteiger partial charge is 0.305 e. The van der Waals surface area contributed by atoms with E-state index in [4.69, 9.17) is 4.74 Å². The van der Waals surface area contributed by atoms with Gasteiger partial charge in [-0.25, -0.2) is 0 Å². The summed E-state index contributed by atoms with van der Waals surface area (Å²) in [5, 5.41) is 11.3. The number of thiazole rings is 1. The summed E-state index contributed by atoms with van der Waals surface area (Å²) >= 11 is 2.89. The Bertz CT molecular complexity index is 1450. The van der Waals surface area contributed by atoms with Gasteiger partial charge in [0.2, 0.25) is 11.8 Å². The number of aromatic hydroxyl groups is 1. The molecule has 7 atom stereocenters.